The van der Waals surface area contributed by atoms with Crippen LogP contribution < -0.4 is 4.74 Å². The summed E-state index contributed by atoms with van der Waals surface area (Å²) in [5.74, 6) is 0.927. The molecule has 0 fully saturated rings. The lowest BCUT2D eigenvalue weighted by Gasteiger charge is -2.34. The van der Waals surface area contributed by atoms with E-state index in [1.54, 1.807) is 13.8 Å². The van der Waals surface area contributed by atoms with Gasteiger partial charge in [-0.15, -0.1) is 0 Å². The maximum Gasteiger partial charge on any atom is 0.133 e. The Balaban J connectivity index is 2.37. The summed E-state index contributed by atoms with van der Waals surface area (Å²) in [4.78, 5) is 4.58. The maximum absolute atomic E-state index is 10.5. The smallest absolute Gasteiger partial charge is 0.133 e. The summed E-state index contributed by atoms with van der Waals surface area (Å²) >= 11 is 0. The highest BCUT2D eigenvalue weighted by atomic mass is 16.5. The zero-order chi connectivity index (χ0) is 18.0. The molecular formula is C20H31NO3. The molecule has 134 valence electrons. The lowest BCUT2D eigenvalue weighted by Crippen LogP contribution is -2.37. The van der Waals surface area contributed by atoms with Crippen molar-refractivity contribution >= 4 is 5.71 Å². The average molecular weight is 333 g/mol. The molecule has 4 nitrogen and oxygen atoms in total. The first-order valence-electron chi connectivity index (χ1n) is 8.92. The standard InChI is InChI=1S/C20H31NO3/c1-6-7-8-9-14-10-16(22)18-15(21-13-19(2,3)23)12-20(4,5)24-17(18)11-14/h10-11,22-23H,6-9,12-13H2,1-5H3. The summed E-state index contributed by atoms with van der Waals surface area (Å²) in [7, 11) is 0. The summed E-state index contributed by atoms with van der Waals surface area (Å²) in [6.07, 6.45) is 5.02. The van der Waals surface area contributed by atoms with Gasteiger partial charge in [-0.2, -0.15) is 0 Å². The lowest BCUT2D eigenvalue weighted by molar-refractivity contribution is 0.0889. The first kappa shape index (κ1) is 18.8. The minimum absolute atomic E-state index is 0.226. The van der Waals surface area contributed by atoms with Gasteiger partial charge in [0, 0.05) is 6.42 Å². The zero-order valence-corrected chi connectivity index (χ0v) is 15.6. The molecule has 2 N–H and O–H groups in total. The van der Waals surface area contributed by atoms with Crippen LogP contribution in [0.15, 0.2) is 17.1 Å². The number of unbranched alkanes of at least 4 members (excludes halogenated alkanes) is 2. The van der Waals surface area contributed by atoms with Gasteiger partial charge in [0.15, 0.2) is 0 Å². The number of benzene rings is 1. The number of nitrogens with zero attached hydrogens (tertiary/aromatic N) is 1. The molecule has 1 aliphatic heterocycles. The highest BCUT2D eigenvalue weighted by Crippen LogP contribution is 2.39. The molecule has 0 spiro atoms. The van der Waals surface area contributed by atoms with E-state index in [1.807, 2.05) is 26.0 Å². The van der Waals surface area contributed by atoms with Gasteiger partial charge < -0.3 is 14.9 Å². The van der Waals surface area contributed by atoms with Crippen molar-refractivity contribution in [2.75, 3.05) is 6.54 Å². The topological polar surface area (TPSA) is 62.0 Å². The monoisotopic (exact) mass is 333 g/mol. The minimum atomic E-state index is -0.870. The highest BCUT2D eigenvalue weighted by Gasteiger charge is 2.33. The minimum Gasteiger partial charge on any atom is -0.507 e. The molecule has 0 amide bonds. The number of phenolic OH excluding ortho intramolecular Hbond substituents is 1. The molecule has 2 rings (SSSR count). The van der Waals surface area contributed by atoms with Crippen LogP contribution in [0.25, 0.3) is 0 Å². The number of aliphatic imine (C=N–C) groups is 1. The molecule has 4 heteroatoms. The molecular weight excluding hydrogens is 302 g/mol. The molecule has 0 saturated heterocycles. The third-order valence-electron chi connectivity index (χ3n) is 4.14. The molecule has 0 aliphatic carbocycles. The number of phenols is 1. The first-order chi connectivity index (χ1) is 11.1. The predicted octanol–water partition coefficient (Wildman–Crippen LogP) is 4.25. The van der Waals surface area contributed by atoms with Gasteiger partial charge in [-0.05, 0) is 58.2 Å². The molecule has 24 heavy (non-hydrogen) atoms. The van der Waals surface area contributed by atoms with E-state index in [2.05, 4.69) is 11.9 Å². The van der Waals surface area contributed by atoms with Gasteiger partial charge in [-0.1, -0.05) is 19.8 Å². The van der Waals surface area contributed by atoms with Crippen LogP contribution in [0.5, 0.6) is 11.5 Å². The van der Waals surface area contributed by atoms with Crippen molar-refractivity contribution in [3.63, 3.8) is 0 Å². The van der Waals surface area contributed by atoms with E-state index < -0.39 is 5.60 Å². The van der Waals surface area contributed by atoms with Crippen LogP contribution in [0, 0.1) is 0 Å². The van der Waals surface area contributed by atoms with Gasteiger partial charge >= 0.3 is 0 Å². The Hall–Kier alpha value is -1.55. The summed E-state index contributed by atoms with van der Waals surface area (Å²) in [5, 5.41) is 20.5. The van der Waals surface area contributed by atoms with Crippen molar-refractivity contribution in [3.05, 3.63) is 23.3 Å². The third kappa shape index (κ3) is 4.97. The number of rotatable bonds is 6. The van der Waals surface area contributed by atoms with E-state index in [9.17, 15) is 10.2 Å². The molecule has 0 bridgehead atoms. The largest absolute Gasteiger partial charge is 0.507 e. The number of hydrogen-bond donors (Lipinski definition) is 2. The quantitative estimate of drug-likeness (QED) is 0.765. The SMILES string of the molecule is CCCCCc1cc(O)c2c(c1)OC(C)(C)CC2=NCC(C)(C)O. The van der Waals surface area contributed by atoms with Gasteiger partial charge in [0.2, 0.25) is 0 Å². The Morgan fingerprint density at radius 2 is 1.96 bits per heavy atom. The van der Waals surface area contributed by atoms with Crippen molar-refractivity contribution in [1.29, 1.82) is 0 Å². The van der Waals surface area contributed by atoms with Crippen LogP contribution in [0.3, 0.4) is 0 Å². The second kappa shape index (κ2) is 7.14. The predicted molar refractivity (Wildman–Crippen MR) is 98.4 cm³/mol. The van der Waals surface area contributed by atoms with Gasteiger partial charge in [0.05, 0.1) is 23.4 Å². The Morgan fingerprint density at radius 1 is 1.25 bits per heavy atom. The van der Waals surface area contributed by atoms with Crippen LogP contribution >= 0.6 is 0 Å². The molecule has 0 saturated carbocycles. The summed E-state index contributed by atoms with van der Waals surface area (Å²) in [6, 6.07) is 3.86. The summed E-state index contributed by atoms with van der Waals surface area (Å²) in [6.45, 7) is 10.0. The molecule has 0 atom stereocenters. The molecule has 0 radical (unpaired) electrons. The molecule has 1 aromatic carbocycles. The van der Waals surface area contributed by atoms with Crippen LogP contribution in [-0.4, -0.2) is 33.7 Å². The molecule has 1 heterocycles. The van der Waals surface area contributed by atoms with Crippen molar-refractivity contribution in [2.24, 2.45) is 4.99 Å². The molecule has 1 aliphatic rings. The molecule has 0 unspecified atom stereocenters. The van der Waals surface area contributed by atoms with Gasteiger partial charge in [0.1, 0.15) is 17.1 Å². The fraction of sp³-hybridized carbons (Fsp3) is 0.650. The van der Waals surface area contributed by atoms with E-state index in [1.165, 1.54) is 12.8 Å². The van der Waals surface area contributed by atoms with Crippen molar-refractivity contribution in [1.82, 2.24) is 0 Å². The van der Waals surface area contributed by atoms with E-state index in [0.717, 1.165) is 24.1 Å². The van der Waals surface area contributed by atoms with Gasteiger partial charge in [0.25, 0.3) is 0 Å². The molecule has 1 aromatic rings. The van der Waals surface area contributed by atoms with E-state index in [4.69, 9.17) is 4.74 Å². The van der Waals surface area contributed by atoms with Gasteiger partial charge in [-0.25, -0.2) is 0 Å². The van der Waals surface area contributed by atoms with Gasteiger partial charge in [-0.3, -0.25) is 4.99 Å². The van der Waals surface area contributed by atoms with Crippen molar-refractivity contribution in [2.45, 2.75) is 77.9 Å². The van der Waals surface area contributed by atoms with Crippen molar-refractivity contribution < 1.29 is 14.9 Å². The Bertz CT molecular complexity index is 612. The highest BCUT2D eigenvalue weighted by molar-refractivity contribution is 6.06. The number of hydrogen-bond acceptors (Lipinski definition) is 4. The van der Waals surface area contributed by atoms with E-state index >= 15 is 0 Å². The number of fused-ring (bicyclic) bond motifs is 1. The Kier molecular flexibility index (Phi) is 5.59. The number of aryl methyl sites for hydroxylation is 1. The fourth-order valence-electron chi connectivity index (χ4n) is 3.00. The second-order valence-corrected chi connectivity index (χ2v) is 8.06. The average Bonchev–Trinajstić information content (AvgIpc) is 2.42. The fourth-order valence-corrected chi connectivity index (χ4v) is 3.00. The second-order valence-electron chi connectivity index (χ2n) is 8.06. The maximum atomic E-state index is 10.5. The third-order valence-corrected chi connectivity index (χ3v) is 4.14. The van der Waals surface area contributed by atoms with E-state index in [0.29, 0.717) is 24.3 Å². The number of aromatic hydroxyl groups is 1. The Labute approximate surface area is 145 Å². The van der Waals surface area contributed by atoms with Crippen LogP contribution in [0.4, 0.5) is 0 Å². The van der Waals surface area contributed by atoms with E-state index in [-0.39, 0.29) is 11.4 Å². The van der Waals surface area contributed by atoms with Crippen LogP contribution in [-0.2, 0) is 6.42 Å². The Morgan fingerprint density at radius 3 is 2.58 bits per heavy atom. The summed E-state index contributed by atoms with van der Waals surface area (Å²) < 4.78 is 6.11. The first-order valence-corrected chi connectivity index (χ1v) is 8.92. The summed E-state index contributed by atoms with van der Waals surface area (Å²) in [5.41, 5.74) is 1.34. The number of ether oxygens (including phenoxy) is 1. The number of aliphatic hydroxyl groups is 1. The normalized spacial score (nSPS) is 18.3. The lowest BCUT2D eigenvalue weighted by atomic mass is 9.90. The van der Waals surface area contributed by atoms with Crippen molar-refractivity contribution in [3.8, 4) is 11.5 Å². The van der Waals surface area contributed by atoms with Crippen LogP contribution in [0.2, 0.25) is 0 Å². The zero-order valence-electron chi connectivity index (χ0n) is 15.6. The van der Waals surface area contributed by atoms with Crippen LogP contribution in [0.1, 0.15) is 71.4 Å². The molecule has 0 aromatic heterocycles.